The Morgan fingerprint density at radius 2 is 1.65 bits per heavy atom. The summed E-state index contributed by atoms with van der Waals surface area (Å²) in [5.41, 5.74) is 4.53. The quantitative estimate of drug-likeness (QED) is 0.569. The molecule has 31 heavy (non-hydrogen) atoms. The maximum Gasteiger partial charge on any atom is 0.359 e. The third kappa shape index (κ3) is 4.00. The molecule has 0 saturated heterocycles. The van der Waals surface area contributed by atoms with Gasteiger partial charge in [0, 0.05) is 25.1 Å². The normalized spacial score (nSPS) is 14.3. The molecule has 0 atom stereocenters. The predicted molar refractivity (Wildman–Crippen MR) is 117 cm³/mol. The highest BCUT2D eigenvalue weighted by molar-refractivity contribution is 7.89. The van der Waals surface area contributed by atoms with Gasteiger partial charge in [0.25, 0.3) is 0 Å². The van der Waals surface area contributed by atoms with Gasteiger partial charge in [0.1, 0.15) is 0 Å². The Kier molecular flexibility index (Phi) is 5.68. The van der Waals surface area contributed by atoms with E-state index in [1.165, 1.54) is 4.31 Å². The Bertz CT molecular complexity index is 1210. The first-order chi connectivity index (χ1) is 14.8. The van der Waals surface area contributed by atoms with Crippen molar-refractivity contribution in [2.45, 2.75) is 38.6 Å². The lowest BCUT2D eigenvalue weighted by atomic mass is 10.1. The number of carbonyl (C=O) groups excluding carboxylic acids is 1. The molecule has 2 heterocycles. The lowest BCUT2D eigenvalue weighted by Crippen LogP contribution is -2.36. The van der Waals surface area contributed by atoms with Crippen LogP contribution in [0.2, 0.25) is 0 Å². The third-order valence-corrected chi connectivity index (χ3v) is 7.29. The van der Waals surface area contributed by atoms with Gasteiger partial charge in [-0.15, -0.1) is 0 Å². The molecule has 3 aromatic rings. The van der Waals surface area contributed by atoms with E-state index < -0.39 is 16.0 Å². The molecule has 0 N–H and O–H groups in total. The van der Waals surface area contributed by atoms with E-state index in [4.69, 9.17) is 4.74 Å². The van der Waals surface area contributed by atoms with E-state index >= 15 is 0 Å². The van der Waals surface area contributed by atoms with Crippen molar-refractivity contribution in [3.63, 3.8) is 0 Å². The average Bonchev–Trinajstić information content (AvgIpc) is 3.14. The van der Waals surface area contributed by atoms with Gasteiger partial charge in [-0.2, -0.15) is 9.40 Å². The van der Waals surface area contributed by atoms with Crippen molar-refractivity contribution in [3.05, 3.63) is 76.6 Å². The van der Waals surface area contributed by atoms with Gasteiger partial charge in [0.15, 0.2) is 5.69 Å². The molecular formula is C23H25N3O4S. The molecule has 0 saturated carbocycles. The smallest absolute Gasteiger partial charge is 0.359 e. The minimum absolute atomic E-state index is 0.0750. The highest BCUT2D eigenvalue weighted by atomic mass is 32.2. The van der Waals surface area contributed by atoms with E-state index in [2.05, 4.69) is 5.10 Å². The Hall–Kier alpha value is -2.97. The molecule has 0 aliphatic carbocycles. The zero-order valence-corrected chi connectivity index (χ0v) is 18.6. The van der Waals surface area contributed by atoms with Gasteiger partial charge in [-0.1, -0.05) is 35.4 Å². The van der Waals surface area contributed by atoms with Gasteiger partial charge >= 0.3 is 5.97 Å². The van der Waals surface area contributed by atoms with E-state index in [0.717, 1.165) is 22.5 Å². The Morgan fingerprint density at radius 1 is 1.03 bits per heavy atom. The number of aromatic nitrogens is 2. The van der Waals surface area contributed by atoms with Gasteiger partial charge in [0.2, 0.25) is 10.0 Å². The standard InChI is InChI=1S/C23H25N3O4S/c1-4-30-23(27)22-20-15-25(31(28,29)19-11-7-17(3)8-12-19)14-13-21(20)26(24-22)18-9-5-16(2)6-10-18/h5-12H,4,13-15H2,1-3H3. The summed E-state index contributed by atoms with van der Waals surface area (Å²) in [5, 5.41) is 4.53. The predicted octanol–water partition coefficient (Wildman–Crippen LogP) is 3.41. The monoisotopic (exact) mass is 439 g/mol. The van der Waals surface area contributed by atoms with Gasteiger partial charge < -0.3 is 4.74 Å². The molecule has 0 unspecified atom stereocenters. The molecule has 0 radical (unpaired) electrons. The molecule has 0 fully saturated rings. The van der Waals surface area contributed by atoms with E-state index in [1.54, 1.807) is 35.9 Å². The van der Waals surface area contributed by atoms with Gasteiger partial charge in [0.05, 0.1) is 22.9 Å². The van der Waals surface area contributed by atoms with E-state index in [9.17, 15) is 13.2 Å². The molecule has 0 amide bonds. The van der Waals surface area contributed by atoms with Crippen molar-refractivity contribution in [3.8, 4) is 5.69 Å². The highest BCUT2D eigenvalue weighted by Crippen LogP contribution is 2.29. The summed E-state index contributed by atoms with van der Waals surface area (Å²) in [6.45, 7) is 6.25. The van der Waals surface area contributed by atoms with Crippen LogP contribution in [0.25, 0.3) is 5.69 Å². The number of rotatable bonds is 5. The number of sulfonamides is 1. The summed E-state index contributed by atoms with van der Waals surface area (Å²) in [6, 6.07) is 14.6. The van der Waals surface area contributed by atoms with Crippen molar-refractivity contribution in [2.75, 3.05) is 13.2 Å². The van der Waals surface area contributed by atoms with Crippen LogP contribution in [0.1, 0.15) is 39.8 Å². The first kappa shape index (κ1) is 21.3. The number of aryl methyl sites for hydroxylation is 2. The zero-order valence-electron chi connectivity index (χ0n) is 17.8. The van der Waals surface area contributed by atoms with Crippen LogP contribution >= 0.6 is 0 Å². The second kappa shape index (κ2) is 8.28. The largest absolute Gasteiger partial charge is 0.461 e. The number of fused-ring (bicyclic) bond motifs is 1. The minimum atomic E-state index is -3.69. The number of ether oxygens (including phenoxy) is 1. The zero-order chi connectivity index (χ0) is 22.2. The van der Waals surface area contributed by atoms with Crippen LogP contribution in [-0.4, -0.2) is 41.6 Å². The van der Waals surface area contributed by atoms with Crippen molar-refractivity contribution in [1.82, 2.24) is 14.1 Å². The van der Waals surface area contributed by atoms with Crippen LogP contribution in [-0.2, 0) is 27.7 Å². The maximum absolute atomic E-state index is 13.2. The third-order valence-electron chi connectivity index (χ3n) is 5.43. The molecule has 4 rings (SSSR count). The second-order valence-corrected chi connectivity index (χ2v) is 9.58. The first-order valence-electron chi connectivity index (χ1n) is 10.2. The molecule has 8 heteroatoms. The number of carbonyl (C=O) groups is 1. The molecule has 1 aromatic heterocycles. The van der Waals surface area contributed by atoms with Gasteiger partial charge in [-0.05, 0) is 45.0 Å². The SMILES string of the molecule is CCOC(=O)c1nn(-c2ccc(C)cc2)c2c1CN(S(=O)(=O)c1ccc(C)cc1)CC2. The van der Waals surface area contributed by atoms with Crippen LogP contribution < -0.4 is 0 Å². The molecular weight excluding hydrogens is 414 g/mol. The molecule has 0 spiro atoms. The number of nitrogens with zero attached hydrogens (tertiary/aromatic N) is 3. The number of hydrogen-bond donors (Lipinski definition) is 0. The Labute approximate surface area is 182 Å². The fraction of sp³-hybridized carbons (Fsp3) is 0.304. The summed E-state index contributed by atoms with van der Waals surface area (Å²) in [5.74, 6) is -0.542. The van der Waals surface area contributed by atoms with Gasteiger partial charge in [-0.3, -0.25) is 0 Å². The second-order valence-electron chi connectivity index (χ2n) is 7.64. The van der Waals surface area contributed by atoms with E-state index in [0.29, 0.717) is 18.5 Å². The summed E-state index contributed by atoms with van der Waals surface area (Å²) >= 11 is 0. The number of benzene rings is 2. The summed E-state index contributed by atoms with van der Waals surface area (Å²) < 4.78 is 34.8. The van der Waals surface area contributed by atoms with Crippen LogP contribution in [0.3, 0.4) is 0 Å². The van der Waals surface area contributed by atoms with Crippen molar-refractivity contribution < 1.29 is 17.9 Å². The summed E-state index contributed by atoms with van der Waals surface area (Å²) in [7, 11) is -3.69. The Morgan fingerprint density at radius 3 is 2.26 bits per heavy atom. The minimum Gasteiger partial charge on any atom is -0.461 e. The molecule has 2 aromatic carbocycles. The highest BCUT2D eigenvalue weighted by Gasteiger charge is 2.34. The first-order valence-corrected chi connectivity index (χ1v) is 11.7. The molecule has 0 bridgehead atoms. The summed E-state index contributed by atoms with van der Waals surface area (Å²) in [4.78, 5) is 12.9. The molecule has 1 aliphatic rings. The van der Waals surface area contributed by atoms with Crippen LogP contribution in [0.4, 0.5) is 0 Å². The van der Waals surface area contributed by atoms with Gasteiger partial charge in [-0.25, -0.2) is 17.9 Å². The fourth-order valence-electron chi connectivity index (χ4n) is 3.72. The number of hydrogen-bond acceptors (Lipinski definition) is 5. The van der Waals surface area contributed by atoms with Crippen LogP contribution in [0, 0.1) is 13.8 Å². The van der Waals surface area contributed by atoms with Crippen LogP contribution in [0.15, 0.2) is 53.4 Å². The molecule has 162 valence electrons. The molecule has 1 aliphatic heterocycles. The van der Waals surface area contributed by atoms with Crippen LogP contribution in [0.5, 0.6) is 0 Å². The van der Waals surface area contributed by atoms with E-state index in [1.807, 2.05) is 38.1 Å². The lowest BCUT2D eigenvalue weighted by Gasteiger charge is -2.27. The van der Waals surface area contributed by atoms with Crippen molar-refractivity contribution in [2.24, 2.45) is 0 Å². The van der Waals surface area contributed by atoms with Crippen molar-refractivity contribution >= 4 is 16.0 Å². The van der Waals surface area contributed by atoms with E-state index in [-0.39, 0.29) is 23.7 Å². The number of esters is 1. The fourth-order valence-corrected chi connectivity index (χ4v) is 5.13. The Balaban J connectivity index is 1.76. The molecule has 7 nitrogen and oxygen atoms in total. The maximum atomic E-state index is 13.2. The van der Waals surface area contributed by atoms with Crippen molar-refractivity contribution in [1.29, 1.82) is 0 Å². The topological polar surface area (TPSA) is 81.5 Å². The lowest BCUT2D eigenvalue weighted by molar-refractivity contribution is 0.0517. The average molecular weight is 440 g/mol. The summed E-state index contributed by atoms with van der Waals surface area (Å²) in [6.07, 6.45) is 0.445.